The van der Waals surface area contributed by atoms with Gasteiger partial charge in [-0.3, -0.25) is 0 Å². The molecule has 0 amide bonds. The maximum Gasteiger partial charge on any atom is -0.00201 e. The van der Waals surface area contributed by atoms with E-state index >= 15 is 0 Å². The van der Waals surface area contributed by atoms with Crippen LogP contribution in [-0.2, 0) is 0 Å². The second kappa shape index (κ2) is 34.6. The maximum atomic E-state index is 2.33. The first kappa shape index (κ1) is 77.4. The Balaban J connectivity index is 0.000000101. The third-order valence-corrected chi connectivity index (χ3v) is 25.6. The molecular formula is C128H86. The minimum absolute atomic E-state index is 1.24. The molecule has 0 aliphatic carbocycles. The summed E-state index contributed by atoms with van der Waals surface area (Å²) >= 11 is 0. The van der Waals surface area contributed by atoms with Crippen LogP contribution in [0.15, 0.2) is 522 Å². The van der Waals surface area contributed by atoms with Crippen molar-refractivity contribution in [2.75, 3.05) is 0 Å². The first-order valence-corrected chi connectivity index (χ1v) is 44.3. The Morgan fingerprint density at radius 2 is 0.273 bits per heavy atom. The van der Waals surface area contributed by atoms with E-state index in [1.807, 2.05) is 0 Å². The Morgan fingerprint density at radius 3 is 0.609 bits per heavy atom. The van der Waals surface area contributed by atoms with Crippen LogP contribution in [0.4, 0.5) is 0 Å². The molecule has 0 unspecified atom stereocenters. The van der Waals surface area contributed by atoms with Crippen molar-refractivity contribution in [3.63, 3.8) is 0 Å². The minimum atomic E-state index is 1.24. The van der Waals surface area contributed by atoms with Gasteiger partial charge in [0.25, 0.3) is 0 Å². The molecule has 0 saturated heterocycles. The average molecular weight is 1620 g/mol. The van der Waals surface area contributed by atoms with Gasteiger partial charge in [0.15, 0.2) is 0 Å². The second-order valence-corrected chi connectivity index (χ2v) is 33.0. The molecular weight excluding hydrogens is 1540 g/mol. The van der Waals surface area contributed by atoms with E-state index in [-0.39, 0.29) is 0 Å². The summed E-state index contributed by atoms with van der Waals surface area (Å²) in [6.45, 7) is 0. The molecule has 25 rings (SSSR count). The molecule has 0 atom stereocenters. The van der Waals surface area contributed by atoms with E-state index in [2.05, 4.69) is 522 Å². The predicted molar refractivity (Wildman–Crippen MR) is 553 cm³/mol. The fourth-order valence-electron chi connectivity index (χ4n) is 19.9. The van der Waals surface area contributed by atoms with Gasteiger partial charge in [-0.1, -0.05) is 510 Å². The van der Waals surface area contributed by atoms with E-state index in [0.717, 1.165) is 0 Å². The largest absolute Gasteiger partial charge is 0.0622 e. The number of hydrogen-bond acceptors (Lipinski definition) is 0. The molecule has 0 heteroatoms. The molecule has 0 N–H and O–H groups in total. The topological polar surface area (TPSA) is 0 Å². The first-order chi connectivity index (χ1) is 63.6. The van der Waals surface area contributed by atoms with Gasteiger partial charge >= 0.3 is 0 Å². The predicted octanol–water partition coefficient (Wildman–Crippen LogP) is 36.1. The highest BCUT2D eigenvalue weighted by Crippen LogP contribution is 2.51. The van der Waals surface area contributed by atoms with Crippen LogP contribution >= 0.6 is 0 Å². The zero-order chi connectivity index (χ0) is 85.1. The maximum absolute atomic E-state index is 2.33. The second-order valence-electron chi connectivity index (χ2n) is 33.0. The quantitative estimate of drug-likeness (QED) is 0.120. The summed E-state index contributed by atoms with van der Waals surface area (Å²) in [5.41, 5.74) is 25.5. The summed E-state index contributed by atoms with van der Waals surface area (Å²) in [7, 11) is 0. The summed E-state index contributed by atoms with van der Waals surface area (Å²) in [6, 6.07) is 188. The van der Waals surface area contributed by atoms with Crippen molar-refractivity contribution in [1.82, 2.24) is 0 Å². The molecule has 25 aromatic carbocycles. The van der Waals surface area contributed by atoms with E-state index in [1.54, 1.807) is 0 Å². The van der Waals surface area contributed by atoms with Crippen LogP contribution in [0, 0.1) is 0 Å². The summed E-state index contributed by atoms with van der Waals surface area (Å²) < 4.78 is 0. The molecule has 128 heavy (non-hydrogen) atoms. The van der Waals surface area contributed by atoms with Gasteiger partial charge in [0.2, 0.25) is 0 Å². The normalized spacial score (nSPS) is 11.3. The summed E-state index contributed by atoms with van der Waals surface area (Å²) in [6.07, 6.45) is 0. The summed E-state index contributed by atoms with van der Waals surface area (Å²) in [5.74, 6) is 0. The van der Waals surface area contributed by atoms with Crippen LogP contribution in [0.2, 0.25) is 0 Å². The van der Waals surface area contributed by atoms with Crippen LogP contribution in [0.25, 0.3) is 230 Å². The van der Waals surface area contributed by atoms with E-state index in [1.165, 1.54) is 230 Å². The van der Waals surface area contributed by atoms with Crippen molar-refractivity contribution >= 4 is 118 Å². The highest BCUT2D eigenvalue weighted by atomic mass is 14.3. The van der Waals surface area contributed by atoms with Crippen molar-refractivity contribution in [3.8, 4) is 111 Å². The van der Waals surface area contributed by atoms with Gasteiger partial charge in [-0.25, -0.2) is 0 Å². The van der Waals surface area contributed by atoms with E-state index in [9.17, 15) is 0 Å². The molecule has 0 nitrogen and oxygen atoms in total. The molecule has 0 saturated carbocycles. The van der Waals surface area contributed by atoms with Gasteiger partial charge in [0.1, 0.15) is 0 Å². The number of hydrogen-bond donors (Lipinski definition) is 0. The Morgan fingerprint density at radius 1 is 0.0781 bits per heavy atom. The lowest BCUT2D eigenvalue weighted by Gasteiger charge is -2.19. The summed E-state index contributed by atoms with van der Waals surface area (Å²) in [4.78, 5) is 0. The van der Waals surface area contributed by atoms with Gasteiger partial charge < -0.3 is 0 Å². The van der Waals surface area contributed by atoms with Gasteiger partial charge in [0.05, 0.1) is 0 Å². The fraction of sp³-hybridized carbons (Fsp3) is 0. The lowest BCUT2D eigenvalue weighted by atomic mass is 9.84. The van der Waals surface area contributed by atoms with Crippen molar-refractivity contribution in [3.05, 3.63) is 522 Å². The molecule has 0 heterocycles. The first-order valence-electron chi connectivity index (χ1n) is 44.3. The zero-order valence-electron chi connectivity index (χ0n) is 70.7. The Hall–Kier alpha value is -16.6. The third-order valence-electron chi connectivity index (χ3n) is 25.6. The highest BCUT2D eigenvalue weighted by molar-refractivity contribution is 6.27. The lowest BCUT2D eigenvalue weighted by Crippen LogP contribution is -1.92. The SMILES string of the molecule is c1ccc(-c2c3ccccc3c(-c3ccc(-c4ccc5ccccc5c4)cc3)c3ccccc23)cc1.c1ccc(-c2c3ccccc3c(-c3ccc4ccccc4c3)c3ccccc23)cc1.c1ccc(-c2c3ccccc3c(-c3cccc4ccccc34)c3ccccc23)cc1.c1ccc(-c2ccccc2-c2c3ccccc3c(-c3ccccc3)c3ccccc23)cc1. The number of benzene rings is 25. The van der Waals surface area contributed by atoms with E-state index < -0.39 is 0 Å². The van der Waals surface area contributed by atoms with Gasteiger partial charge in [-0.15, -0.1) is 0 Å². The van der Waals surface area contributed by atoms with Crippen molar-refractivity contribution in [2.24, 2.45) is 0 Å². The van der Waals surface area contributed by atoms with Crippen molar-refractivity contribution in [1.29, 1.82) is 0 Å². The molecule has 0 aliphatic rings. The minimum Gasteiger partial charge on any atom is -0.0622 e. The van der Waals surface area contributed by atoms with Crippen molar-refractivity contribution < 1.29 is 0 Å². The standard InChI is InChI=1S/C36H24.C32H22.2C30H20/c1-2-11-27(12-3-1)35-31-14-6-8-16-33(31)36(34-17-9-7-15-32(34)35)28-21-18-26(19-22-28)30-23-20-25-10-4-5-13-29(25)24-30;1-3-13-23(14-4-1)25-17-7-8-18-26(25)32-29-21-11-9-19-27(29)31(24-15-5-2-6-16-24)28-20-10-12-22-30(28)32;1-2-12-22(13-3-1)29-25-16-6-8-18-27(25)30(28-19-9-7-17-26(28)29)24-20-10-14-21-11-4-5-15-23(21)24;1-2-11-22(12-3-1)29-25-14-6-8-16-27(25)30(28-17-9-7-15-26(28)29)24-19-18-21-10-4-5-13-23(21)20-24/h1-24H;1-22H;2*1-20H. The smallest absolute Gasteiger partial charge is 0.00201 e. The average Bonchev–Trinajstić information content (AvgIpc) is 0.746. The van der Waals surface area contributed by atoms with Gasteiger partial charge in [-0.2, -0.15) is 0 Å². The van der Waals surface area contributed by atoms with Crippen LogP contribution in [0.3, 0.4) is 0 Å². The monoisotopic (exact) mass is 1620 g/mol. The molecule has 0 aliphatic heterocycles. The van der Waals surface area contributed by atoms with Crippen molar-refractivity contribution in [2.45, 2.75) is 0 Å². The molecule has 0 aromatic heterocycles. The van der Waals surface area contributed by atoms with Crippen LogP contribution in [0.1, 0.15) is 0 Å². The Labute approximate surface area is 746 Å². The molecule has 0 bridgehead atoms. The molecule has 0 spiro atoms. The fourth-order valence-corrected chi connectivity index (χ4v) is 19.9. The van der Waals surface area contributed by atoms with E-state index in [0.29, 0.717) is 0 Å². The molecule has 0 fully saturated rings. The summed E-state index contributed by atoms with van der Waals surface area (Å²) in [5, 5.41) is 28.3. The highest BCUT2D eigenvalue weighted by Gasteiger charge is 2.23. The third kappa shape index (κ3) is 14.5. The number of rotatable bonds is 10. The van der Waals surface area contributed by atoms with Gasteiger partial charge in [0, 0.05) is 0 Å². The Kier molecular flexibility index (Phi) is 20.9. The molecule has 598 valence electrons. The molecule has 25 aromatic rings. The van der Waals surface area contributed by atoms with Gasteiger partial charge in [-0.05, 0) is 242 Å². The van der Waals surface area contributed by atoms with Crippen LogP contribution < -0.4 is 0 Å². The van der Waals surface area contributed by atoms with Crippen LogP contribution in [-0.4, -0.2) is 0 Å². The number of fused-ring (bicyclic) bond motifs is 11. The van der Waals surface area contributed by atoms with Crippen LogP contribution in [0.5, 0.6) is 0 Å². The Bertz CT molecular complexity index is 8190. The lowest BCUT2D eigenvalue weighted by molar-refractivity contribution is 1.60. The molecule has 0 radical (unpaired) electrons. The zero-order valence-corrected chi connectivity index (χ0v) is 70.7. The van der Waals surface area contributed by atoms with E-state index in [4.69, 9.17) is 0 Å².